The fourth-order valence-electron chi connectivity index (χ4n) is 1.68. The van der Waals surface area contributed by atoms with Crippen molar-refractivity contribution in [2.75, 3.05) is 0 Å². The minimum absolute atomic E-state index is 0.0178. The summed E-state index contributed by atoms with van der Waals surface area (Å²) in [4.78, 5) is 15.7. The number of rotatable bonds is 4. The SMILES string of the molecule is Cc1ncoc1C(=O)NCc1cccc(/C(N)=N/O)c1. The van der Waals surface area contributed by atoms with E-state index in [2.05, 4.69) is 15.5 Å². The van der Waals surface area contributed by atoms with Gasteiger partial charge in [-0.15, -0.1) is 0 Å². The number of hydrogen-bond donors (Lipinski definition) is 3. The average Bonchev–Trinajstić information content (AvgIpc) is 2.90. The van der Waals surface area contributed by atoms with Gasteiger partial charge in [-0.2, -0.15) is 0 Å². The Morgan fingerprint density at radius 3 is 3.00 bits per heavy atom. The minimum Gasteiger partial charge on any atom is -0.438 e. The lowest BCUT2D eigenvalue weighted by atomic mass is 10.1. The number of aryl methyl sites for hydroxylation is 1. The van der Waals surface area contributed by atoms with E-state index < -0.39 is 0 Å². The van der Waals surface area contributed by atoms with Gasteiger partial charge in [0, 0.05) is 12.1 Å². The van der Waals surface area contributed by atoms with E-state index in [9.17, 15) is 4.79 Å². The number of oxazole rings is 1. The summed E-state index contributed by atoms with van der Waals surface area (Å²) in [6.45, 7) is 1.99. The molecule has 4 N–H and O–H groups in total. The van der Waals surface area contributed by atoms with Gasteiger partial charge >= 0.3 is 0 Å². The number of carbonyl (C=O) groups excluding carboxylic acids is 1. The first-order valence-electron chi connectivity index (χ1n) is 5.87. The van der Waals surface area contributed by atoms with Crippen LogP contribution in [0, 0.1) is 6.92 Å². The molecule has 1 amide bonds. The third-order valence-corrected chi connectivity index (χ3v) is 2.74. The van der Waals surface area contributed by atoms with Gasteiger partial charge in [0.1, 0.15) is 0 Å². The molecule has 0 unspecified atom stereocenters. The maximum atomic E-state index is 11.8. The molecule has 0 bridgehead atoms. The molecular formula is C13H14N4O3. The molecule has 7 heteroatoms. The lowest BCUT2D eigenvalue weighted by Gasteiger charge is -2.05. The Balaban J connectivity index is 2.05. The second-order valence-corrected chi connectivity index (χ2v) is 4.14. The molecule has 2 rings (SSSR count). The summed E-state index contributed by atoms with van der Waals surface area (Å²) in [5.41, 5.74) is 7.44. The number of hydrogen-bond acceptors (Lipinski definition) is 5. The van der Waals surface area contributed by atoms with Crippen LogP contribution in [-0.2, 0) is 6.54 Å². The highest BCUT2D eigenvalue weighted by Crippen LogP contribution is 2.07. The number of benzene rings is 1. The van der Waals surface area contributed by atoms with Crippen LogP contribution in [0.4, 0.5) is 0 Å². The Bertz CT molecular complexity index is 649. The highest BCUT2D eigenvalue weighted by molar-refractivity contribution is 5.97. The zero-order valence-corrected chi connectivity index (χ0v) is 10.8. The van der Waals surface area contributed by atoms with E-state index in [0.717, 1.165) is 5.56 Å². The topological polar surface area (TPSA) is 114 Å². The summed E-state index contributed by atoms with van der Waals surface area (Å²) in [6.07, 6.45) is 1.23. The van der Waals surface area contributed by atoms with E-state index in [-0.39, 0.29) is 17.5 Å². The van der Waals surface area contributed by atoms with Crippen LogP contribution in [0.2, 0.25) is 0 Å². The molecule has 0 spiro atoms. The van der Waals surface area contributed by atoms with Gasteiger partial charge in [-0.25, -0.2) is 4.98 Å². The lowest BCUT2D eigenvalue weighted by molar-refractivity contribution is 0.0922. The maximum absolute atomic E-state index is 11.8. The van der Waals surface area contributed by atoms with Crippen LogP contribution in [-0.4, -0.2) is 21.9 Å². The monoisotopic (exact) mass is 274 g/mol. The molecule has 1 heterocycles. The van der Waals surface area contributed by atoms with Crippen LogP contribution in [0.15, 0.2) is 40.2 Å². The number of oxime groups is 1. The Morgan fingerprint density at radius 2 is 2.35 bits per heavy atom. The fraction of sp³-hybridized carbons (Fsp3) is 0.154. The minimum atomic E-state index is -0.339. The maximum Gasteiger partial charge on any atom is 0.289 e. The number of aromatic nitrogens is 1. The number of amides is 1. The molecule has 104 valence electrons. The normalized spacial score (nSPS) is 11.3. The van der Waals surface area contributed by atoms with Crippen molar-refractivity contribution in [3.05, 3.63) is 53.2 Å². The zero-order valence-electron chi connectivity index (χ0n) is 10.8. The molecule has 0 aliphatic carbocycles. The molecule has 0 fully saturated rings. The van der Waals surface area contributed by atoms with Gasteiger partial charge in [0.15, 0.2) is 12.2 Å². The Kier molecular flexibility index (Phi) is 3.99. The van der Waals surface area contributed by atoms with E-state index in [1.54, 1.807) is 25.1 Å². The summed E-state index contributed by atoms with van der Waals surface area (Å²) in [6, 6.07) is 7.01. The number of nitrogens with one attached hydrogen (secondary N) is 1. The average molecular weight is 274 g/mol. The third kappa shape index (κ3) is 2.94. The van der Waals surface area contributed by atoms with Crippen molar-refractivity contribution >= 4 is 11.7 Å². The third-order valence-electron chi connectivity index (χ3n) is 2.74. The highest BCUT2D eigenvalue weighted by atomic mass is 16.4. The first-order chi connectivity index (χ1) is 9.61. The lowest BCUT2D eigenvalue weighted by Crippen LogP contribution is -2.23. The number of nitrogens with zero attached hydrogens (tertiary/aromatic N) is 2. The van der Waals surface area contributed by atoms with E-state index >= 15 is 0 Å². The van der Waals surface area contributed by atoms with Gasteiger partial charge in [-0.05, 0) is 18.6 Å². The van der Waals surface area contributed by atoms with Crippen molar-refractivity contribution in [3.63, 3.8) is 0 Å². The quantitative estimate of drug-likeness (QED) is 0.333. The van der Waals surface area contributed by atoms with Crippen LogP contribution < -0.4 is 11.1 Å². The second-order valence-electron chi connectivity index (χ2n) is 4.14. The molecule has 0 saturated heterocycles. The predicted molar refractivity (Wildman–Crippen MR) is 71.4 cm³/mol. The smallest absolute Gasteiger partial charge is 0.289 e. The first-order valence-corrected chi connectivity index (χ1v) is 5.87. The molecule has 0 radical (unpaired) electrons. The number of nitrogens with two attached hydrogens (primary N) is 1. The second kappa shape index (κ2) is 5.87. The van der Waals surface area contributed by atoms with Gasteiger partial charge in [-0.3, -0.25) is 4.79 Å². The van der Waals surface area contributed by atoms with Crippen molar-refractivity contribution < 1.29 is 14.4 Å². The van der Waals surface area contributed by atoms with E-state index in [1.165, 1.54) is 6.39 Å². The summed E-state index contributed by atoms with van der Waals surface area (Å²) < 4.78 is 5.00. The van der Waals surface area contributed by atoms with Crippen LogP contribution in [0.3, 0.4) is 0 Å². The Labute approximate surface area is 115 Å². The Morgan fingerprint density at radius 1 is 1.55 bits per heavy atom. The predicted octanol–water partition coefficient (Wildman–Crippen LogP) is 1.01. The molecule has 1 aromatic carbocycles. The van der Waals surface area contributed by atoms with Gasteiger partial charge in [-0.1, -0.05) is 23.4 Å². The van der Waals surface area contributed by atoms with Gasteiger partial charge in [0.2, 0.25) is 5.76 Å². The molecule has 0 atom stereocenters. The molecular weight excluding hydrogens is 260 g/mol. The molecule has 1 aromatic heterocycles. The standard InChI is InChI=1S/C13H14N4O3/c1-8-11(20-7-16-8)13(18)15-6-9-3-2-4-10(5-9)12(14)17-19/h2-5,7,19H,6H2,1H3,(H2,14,17)(H,15,18). The largest absolute Gasteiger partial charge is 0.438 e. The van der Waals surface area contributed by atoms with Crippen molar-refractivity contribution in [2.24, 2.45) is 10.9 Å². The van der Waals surface area contributed by atoms with Gasteiger partial charge in [0.05, 0.1) is 5.69 Å². The van der Waals surface area contributed by atoms with Crippen molar-refractivity contribution in [3.8, 4) is 0 Å². The first kappa shape index (κ1) is 13.6. The van der Waals surface area contributed by atoms with Crippen molar-refractivity contribution in [2.45, 2.75) is 13.5 Å². The Hall–Kier alpha value is -2.83. The number of carbonyl (C=O) groups is 1. The molecule has 2 aromatic rings. The molecule has 20 heavy (non-hydrogen) atoms. The van der Waals surface area contributed by atoms with Crippen molar-refractivity contribution in [1.82, 2.24) is 10.3 Å². The molecule has 7 nitrogen and oxygen atoms in total. The highest BCUT2D eigenvalue weighted by Gasteiger charge is 2.13. The van der Waals surface area contributed by atoms with E-state index in [4.69, 9.17) is 15.4 Å². The van der Waals surface area contributed by atoms with Crippen LogP contribution in [0.1, 0.15) is 27.4 Å². The van der Waals surface area contributed by atoms with Crippen LogP contribution in [0.25, 0.3) is 0 Å². The molecule has 0 aliphatic rings. The fourth-order valence-corrected chi connectivity index (χ4v) is 1.68. The molecule has 0 saturated carbocycles. The summed E-state index contributed by atoms with van der Waals surface area (Å²) in [5.74, 6) is -0.129. The summed E-state index contributed by atoms with van der Waals surface area (Å²) in [5, 5.41) is 14.3. The van der Waals surface area contributed by atoms with Crippen LogP contribution >= 0.6 is 0 Å². The number of amidine groups is 1. The summed E-state index contributed by atoms with van der Waals surface area (Å²) in [7, 11) is 0. The van der Waals surface area contributed by atoms with E-state index in [0.29, 0.717) is 17.8 Å². The van der Waals surface area contributed by atoms with Crippen LogP contribution in [0.5, 0.6) is 0 Å². The van der Waals surface area contributed by atoms with Crippen molar-refractivity contribution in [1.29, 1.82) is 0 Å². The molecule has 0 aliphatic heterocycles. The summed E-state index contributed by atoms with van der Waals surface area (Å²) >= 11 is 0. The van der Waals surface area contributed by atoms with Gasteiger partial charge in [0.25, 0.3) is 5.91 Å². The van der Waals surface area contributed by atoms with E-state index in [1.807, 2.05) is 6.07 Å². The zero-order chi connectivity index (χ0) is 14.5. The van der Waals surface area contributed by atoms with Gasteiger partial charge < -0.3 is 20.7 Å².